The Hall–Kier alpha value is -0.770. The van der Waals surface area contributed by atoms with E-state index in [9.17, 15) is 0 Å². The molecule has 0 bridgehead atoms. The van der Waals surface area contributed by atoms with E-state index in [1.807, 2.05) is 24.3 Å². The van der Waals surface area contributed by atoms with E-state index in [0.29, 0.717) is 12.5 Å². The zero-order valence-corrected chi connectivity index (χ0v) is 9.91. The summed E-state index contributed by atoms with van der Waals surface area (Å²) in [6.45, 7) is 2.23. The van der Waals surface area contributed by atoms with Crippen LogP contribution in [0.2, 0.25) is 5.02 Å². The van der Waals surface area contributed by atoms with Crippen molar-refractivity contribution in [1.82, 2.24) is 0 Å². The minimum atomic E-state index is 0.238. The van der Waals surface area contributed by atoms with Crippen LogP contribution in [0.1, 0.15) is 6.42 Å². The van der Waals surface area contributed by atoms with Crippen LogP contribution in [0.5, 0.6) is 0 Å². The zero-order chi connectivity index (χ0) is 11.4. The van der Waals surface area contributed by atoms with Crippen LogP contribution in [-0.2, 0) is 4.74 Å². The van der Waals surface area contributed by atoms with Crippen molar-refractivity contribution in [2.45, 2.75) is 12.5 Å². The van der Waals surface area contributed by atoms with Gasteiger partial charge in [-0.25, -0.2) is 0 Å². The average molecular weight is 241 g/mol. The first-order valence-electron chi connectivity index (χ1n) is 5.60. The molecule has 0 radical (unpaired) electrons. The fraction of sp³-hybridized carbons (Fsp3) is 0.500. The van der Waals surface area contributed by atoms with Gasteiger partial charge in [-0.15, -0.1) is 0 Å². The van der Waals surface area contributed by atoms with Gasteiger partial charge in [-0.05, 0) is 18.6 Å². The Morgan fingerprint density at radius 2 is 2.31 bits per heavy atom. The van der Waals surface area contributed by atoms with Crippen LogP contribution < -0.4 is 11.1 Å². The number of hydrogen-bond donors (Lipinski definition) is 2. The number of halogens is 1. The molecule has 1 heterocycles. The fourth-order valence-electron chi connectivity index (χ4n) is 2.02. The molecule has 4 heteroatoms. The van der Waals surface area contributed by atoms with Crippen LogP contribution in [0.3, 0.4) is 0 Å². The molecule has 3 nitrogen and oxygen atoms in total. The lowest BCUT2D eigenvalue weighted by atomic mass is 9.99. The summed E-state index contributed by atoms with van der Waals surface area (Å²) < 4.78 is 5.38. The van der Waals surface area contributed by atoms with Gasteiger partial charge in [0.05, 0.1) is 17.3 Å². The Morgan fingerprint density at radius 3 is 2.94 bits per heavy atom. The molecular weight excluding hydrogens is 224 g/mol. The van der Waals surface area contributed by atoms with Crippen molar-refractivity contribution in [3.8, 4) is 0 Å². The minimum Gasteiger partial charge on any atom is -0.381 e. The average Bonchev–Trinajstić information content (AvgIpc) is 2.81. The normalized spacial score (nSPS) is 22.0. The Balaban J connectivity index is 2.03. The molecule has 2 atom stereocenters. The van der Waals surface area contributed by atoms with Crippen molar-refractivity contribution in [2.75, 3.05) is 25.1 Å². The number of para-hydroxylation sites is 1. The second kappa shape index (κ2) is 5.53. The molecule has 0 spiro atoms. The van der Waals surface area contributed by atoms with Crippen LogP contribution in [0, 0.1) is 5.92 Å². The molecule has 1 aromatic rings. The Labute approximate surface area is 101 Å². The van der Waals surface area contributed by atoms with Crippen LogP contribution in [0.15, 0.2) is 24.3 Å². The SMILES string of the molecule is NCC(Nc1ccccc1Cl)C1CCOC1. The smallest absolute Gasteiger partial charge is 0.0637 e. The largest absolute Gasteiger partial charge is 0.381 e. The van der Waals surface area contributed by atoms with E-state index < -0.39 is 0 Å². The van der Waals surface area contributed by atoms with E-state index in [0.717, 1.165) is 30.3 Å². The molecule has 1 aromatic carbocycles. The summed E-state index contributed by atoms with van der Waals surface area (Å²) in [7, 11) is 0. The molecule has 0 aromatic heterocycles. The summed E-state index contributed by atoms with van der Waals surface area (Å²) in [5.41, 5.74) is 6.74. The maximum absolute atomic E-state index is 6.10. The van der Waals surface area contributed by atoms with Crippen molar-refractivity contribution in [3.63, 3.8) is 0 Å². The lowest BCUT2D eigenvalue weighted by Crippen LogP contribution is -2.36. The molecule has 1 saturated heterocycles. The number of nitrogens with one attached hydrogen (secondary N) is 1. The Kier molecular flexibility index (Phi) is 4.04. The summed E-state index contributed by atoms with van der Waals surface area (Å²) in [4.78, 5) is 0. The highest BCUT2D eigenvalue weighted by Crippen LogP contribution is 2.25. The first kappa shape index (κ1) is 11.7. The van der Waals surface area contributed by atoms with E-state index in [1.165, 1.54) is 0 Å². The lowest BCUT2D eigenvalue weighted by molar-refractivity contribution is 0.182. The number of benzene rings is 1. The van der Waals surface area contributed by atoms with Crippen LogP contribution in [-0.4, -0.2) is 25.8 Å². The summed E-state index contributed by atoms with van der Waals surface area (Å²) in [6.07, 6.45) is 1.07. The molecular formula is C12H17ClN2O. The molecule has 0 saturated carbocycles. The summed E-state index contributed by atoms with van der Waals surface area (Å²) in [6, 6.07) is 7.97. The van der Waals surface area contributed by atoms with E-state index >= 15 is 0 Å². The Bertz CT molecular complexity index is 340. The molecule has 2 rings (SSSR count). The number of rotatable bonds is 4. The number of anilines is 1. The van der Waals surface area contributed by atoms with Crippen molar-refractivity contribution >= 4 is 17.3 Å². The topological polar surface area (TPSA) is 47.3 Å². The monoisotopic (exact) mass is 240 g/mol. The summed E-state index contributed by atoms with van der Waals surface area (Å²) in [5.74, 6) is 0.487. The van der Waals surface area contributed by atoms with Gasteiger partial charge in [-0.3, -0.25) is 0 Å². The standard InChI is InChI=1S/C12H17ClN2O/c13-10-3-1-2-4-11(10)15-12(7-14)9-5-6-16-8-9/h1-4,9,12,15H,5-8,14H2. The number of nitrogens with two attached hydrogens (primary N) is 1. The first-order valence-corrected chi connectivity index (χ1v) is 5.98. The van der Waals surface area contributed by atoms with Gasteiger partial charge in [-0.1, -0.05) is 23.7 Å². The van der Waals surface area contributed by atoms with Gasteiger partial charge in [0.15, 0.2) is 0 Å². The van der Waals surface area contributed by atoms with Gasteiger partial charge < -0.3 is 15.8 Å². The number of hydrogen-bond acceptors (Lipinski definition) is 3. The van der Waals surface area contributed by atoms with Crippen molar-refractivity contribution in [2.24, 2.45) is 11.7 Å². The van der Waals surface area contributed by atoms with Gasteiger partial charge in [0, 0.05) is 25.1 Å². The highest BCUT2D eigenvalue weighted by atomic mass is 35.5. The molecule has 88 valence electrons. The fourth-order valence-corrected chi connectivity index (χ4v) is 2.21. The number of ether oxygens (including phenoxy) is 1. The quantitative estimate of drug-likeness (QED) is 0.848. The minimum absolute atomic E-state index is 0.238. The van der Waals surface area contributed by atoms with Crippen LogP contribution in [0.4, 0.5) is 5.69 Å². The third kappa shape index (κ3) is 2.67. The summed E-state index contributed by atoms with van der Waals surface area (Å²) >= 11 is 6.10. The highest BCUT2D eigenvalue weighted by Gasteiger charge is 2.24. The van der Waals surface area contributed by atoms with E-state index in [4.69, 9.17) is 22.1 Å². The highest BCUT2D eigenvalue weighted by molar-refractivity contribution is 6.33. The maximum atomic E-state index is 6.10. The van der Waals surface area contributed by atoms with Crippen molar-refractivity contribution in [1.29, 1.82) is 0 Å². The van der Waals surface area contributed by atoms with Gasteiger partial charge in [0.1, 0.15) is 0 Å². The second-order valence-electron chi connectivity index (χ2n) is 4.09. The molecule has 0 aliphatic carbocycles. The predicted octanol–water partition coefficient (Wildman–Crippen LogP) is 2.12. The maximum Gasteiger partial charge on any atom is 0.0637 e. The van der Waals surface area contributed by atoms with E-state index in [1.54, 1.807) is 0 Å². The van der Waals surface area contributed by atoms with Gasteiger partial charge in [0.25, 0.3) is 0 Å². The lowest BCUT2D eigenvalue weighted by Gasteiger charge is -2.23. The van der Waals surface area contributed by atoms with Crippen molar-refractivity contribution < 1.29 is 4.74 Å². The molecule has 3 N–H and O–H groups in total. The van der Waals surface area contributed by atoms with Gasteiger partial charge >= 0.3 is 0 Å². The van der Waals surface area contributed by atoms with Crippen LogP contribution in [0.25, 0.3) is 0 Å². The third-order valence-electron chi connectivity index (χ3n) is 3.00. The molecule has 0 amide bonds. The van der Waals surface area contributed by atoms with Gasteiger partial charge in [-0.2, -0.15) is 0 Å². The third-order valence-corrected chi connectivity index (χ3v) is 3.33. The van der Waals surface area contributed by atoms with E-state index in [-0.39, 0.29) is 6.04 Å². The summed E-state index contributed by atoms with van der Waals surface area (Å²) in [5, 5.41) is 4.14. The molecule has 1 aliphatic rings. The molecule has 1 fully saturated rings. The van der Waals surface area contributed by atoms with E-state index in [2.05, 4.69) is 5.32 Å². The molecule has 1 aliphatic heterocycles. The predicted molar refractivity (Wildman–Crippen MR) is 66.8 cm³/mol. The van der Waals surface area contributed by atoms with Crippen molar-refractivity contribution in [3.05, 3.63) is 29.3 Å². The van der Waals surface area contributed by atoms with Gasteiger partial charge in [0.2, 0.25) is 0 Å². The molecule has 2 unspecified atom stereocenters. The van der Waals surface area contributed by atoms with Crippen LogP contribution >= 0.6 is 11.6 Å². The first-order chi connectivity index (χ1) is 7.81. The molecule has 16 heavy (non-hydrogen) atoms. The second-order valence-corrected chi connectivity index (χ2v) is 4.50. The zero-order valence-electron chi connectivity index (χ0n) is 9.16. The Morgan fingerprint density at radius 1 is 1.50 bits per heavy atom.